The summed E-state index contributed by atoms with van der Waals surface area (Å²) >= 11 is 0. The van der Waals surface area contributed by atoms with E-state index in [9.17, 15) is 14.7 Å². The van der Waals surface area contributed by atoms with E-state index in [0.717, 1.165) is 4.57 Å². The Hall–Kier alpha value is -2.08. The molecular weight excluding hydrogens is 234 g/mol. The van der Waals surface area contributed by atoms with Crippen LogP contribution in [0.2, 0.25) is 0 Å². The van der Waals surface area contributed by atoms with Gasteiger partial charge in [-0.15, -0.1) is 0 Å². The van der Waals surface area contributed by atoms with Gasteiger partial charge in [-0.25, -0.2) is 4.79 Å². The molecule has 0 atom stereocenters. The Morgan fingerprint density at radius 2 is 2.06 bits per heavy atom. The average Bonchev–Trinajstić information content (AvgIpc) is 2.36. The molecule has 1 aromatic carbocycles. The summed E-state index contributed by atoms with van der Waals surface area (Å²) in [5.41, 5.74) is -0.531. The minimum atomic E-state index is -0.427. The number of phenolic OH excluding ortho intramolecular Hbond substituents is 1. The number of hydrogen-bond acceptors (Lipinski definition) is 4. The number of nitrogens with one attached hydrogen (secondary N) is 1. The van der Waals surface area contributed by atoms with Gasteiger partial charge in [0.05, 0.1) is 10.9 Å². The van der Waals surface area contributed by atoms with E-state index >= 15 is 0 Å². The van der Waals surface area contributed by atoms with Crippen LogP contribution in [0.15, 0.2) is 27.8 Å². The van der Waals surface area contributed by atoms with Crippen LogP contribution in [0.25, 0.3) is 10.9 Å². The fourth-order valence-corrected chi connectivity index (χ4v) is 1.99. The molecule has 6 heteroatoms. The van der Waals surface area contributed by atoms with Crippen molar-refractivity contribution in [3.63, 3.8) is 0 Å². The lowest BCUT2D eigenvalue weighted by molar-refractivity contribution is 0.476. The molecule has 2 N–H and O–H groups in total. The van der Waals surface area contributed by atoms with Crippen LogP contribution < -0.4 is 16.6 Å². The van der Waals surface area contributed by atoms with Gasteiger partial charge in [0.2, 0.25) is 0 Å². The Bertz CT molecular complexity index is 700. The number of phenols is 1. The predicted molar refractivity (Wildman–Crippen MR) is 69.0 cm³/mol. The summed E-state index contributed by atoms with van der Waals surface area (Å²) in [6, 6.07) is 4.65. The van der Waals surface area contributed by atoms with Crippen LogP contribution in [0.5, 0.6) is 5.75 Å². The number of benzene rings is 1. The molecule has 18 heavy (non-hydrogen) atoms. The van der Waals surface area contributed by atoms with Gasteiger partial charge in [-0.1, -0.05) is 6.07 Å². The van der Waals surface area contributed by atoms with E-state index in [-0.39, 0.29) is 16.8 Å². The lowest BCUT2D eigenvalue weighted by Crippen LogP contribution is -2.40. The van der Waals surface area contributed by atoms with E-state index in [1.54, 1.807) is 26.2 Å². The molecule has 0 spiro atoms. The molecule has 0 unspecified atom stereocenters. The first-order valence-corrected chi connectivity index (χ1v) is 5.64. The molecule has 0 aliphatic carbocycles. The molecule has 0 saturated carbocycles. The summed E-state index contributed by atoms with van der Waals surface area (Å²) in [4.78, 5) is 24.2. The van der Waals surface area contributed by atoms with Crippen molar-refractivity contribution >= 4 is 10.9 Å². The number of para-hydroxylation sites is 1. The zero-order valence-corrected chi connectivity index (χ0v) is 10.3. The first-order chi connectivity index (χ1) is 8.57. The Kier molecular flexibility index (Phi) is 3.20. The second kappa shape index (κ2) is 4.66. The average molecular weight is 249 g/mol. The van der Waals surface area contributed by atoms with Crippen molar-refractivity contribution in [3.8, 4) is 5.75 Å². The third kappa shape index (κ3) is 1.80. The second-order valence-corrected chi connectivity index (χ2v) is 4.08. The van der Waals surface area contributed by atoms with E-state index in [1.165, 1.54) is 10.6 Å². The third-order valence-corrected chi connectivity index (χ3v) is 2.93. The third-order valence-electron chi connectivity index (χ3n) is 2.93. The number of fused-ring (bicyclic) bond motifs is 1. The van der Waals surface area contributed by atoms with E-state index in [0.29, 0.717) is 18.5 Å². The van der Waals surface area contributed by atoms with Gasteiger partial charge in [0.25, 0.3) is 5.56 Å². The van der Waals surface area contributed by atoms with Crippen LogP contribution in [0.4, 0.5) is 0 Å². The SMILES string of the molecule is CNCCn1c(=O)c2cccc(O)c2n(C)c1=O. The summed E-state index contributed by atoms with van der Waals surface area (Å²) in [6.45, 7) is 0.826. The van der Waals surface area contributed by atoms with Gasteiger partial charge < -0.3 is 10.4 Å². The first-order valence-electron chi connectivity index (χ1n) is 5.64. The standard InChI is InChI=1S/C12H15N3O3/c1-13-6-7-15-11(17)8-4-3-5-9(16)10(8)14(2)12(15)18/h3-5,13,16H,6-7H2,1-2H3. The van der Waals surface area contributed by atoms with Gasteiger partial charge in [-0.3, -0.25) is 13.9 Å². The fourth-order valence-electron chi connectivity index (χ4n) is 1.99. The molecule has 0 aliphatic rings. The van der Waals surface area contributed by atoms with Crippen molar-refractivity contribution in [3.05, 3.63) is 39.0 Å². The zero-order valence-electron chi connectivity index (χ0n) is 10.3. The number of rotatable bonds is 3. The van der Waals surface area contributed by atoms with E-state index in [2.05, 4.69) is 5.32 Å². The Balaban J connectivity index is 2.84. The highest BCUT2D eigenvalue weighted by Gasteiger charge is 2.12. The summed E-state index contributed by atoms with van der Waals surface area (Å²) in [5.74, 6) is -0.0648. The van der Waals surface area contributed by atoms with Crippen LogP contribution in [0, 0.1) is 0 Å². The van der Waals surface area contributed by atoms with Crippen LogP contribution in [0.1, 0.15) is 0 Å². The molecule has 0 aliphatic heterocycles. The lowest BCUT2D eigenvalue weighted by atomic mass is 10.2. The van der Waals surface area contributed by atoms with Crippen LogP contribution in [0.3, 0.4) is 0 Å². The molecule has 0 amide bonds. The first kappa shape index (κ1) is 12.4. The molecule has 1 aromatic heterocycles. The normalized spacial score (nSPS) is 11.0. The minimum Gasteiger partial charge on any atom is -0.506 e. The van der Waals surface area contributed by atoms with Gasteiger partial charge in [0.1, 0.15) is 5.75 Å². The van der Waals surface area contributed by atoms with Gasteiger partial charge in [0.15, 0.2) is 0 Å². The molecular formula is C12H15N3O3. The quantitative estimate of drug-likeness (QED) is 0.778. The predicted octanol–water partition coefficient (Wildman–Crippen LogP) is -0.375. The topological polar surface area (TPSA) is 76.3 Å². The number of aromatic nitrogens is 2. The van der Waals surface area contributed by atoms with E-state index < -0.39 is 5.69 Å². The van der Waals surface area contributed by atoms with Crippen LogP contribution in [-0.4, -0.2) is 27.8 Å². The maximum atomic E-state index is 12.2. The highest BCUT2D eigenvalue weighted by Crippen LogP contribution is 2.19. The summed E-state index contributed by atoms with van der Waals surface area (Å²) in [5, 5.41) is 13.0. The van der Waals surface area contributed by atoms with Crippen molar-refractivity contribution < 1.29 is 5.11 Å². The minimum absolute atomic E-state index is 0.0648. The van der Waals surface area contributed by atoms with Crippen molar-refractivity contribution in [1.82, 2.24) is 14.5 Å². The second-order valence-electron chi connectivity index (χ2n) is 4.08. The highest BCUT2D eigenvalue weighted by atomic mass is 16.3. The number of likely N-dealkylation sites (N-methyl/N-ethyl adjacent to an activating group) is 1. The van der Waals surface area contributed by atoms with Gasteiger partial charge >= 0.3 is 5.69 Å². The Morgan fingerprint density at radius 3 is 2.72 bits per heavy atom. The van der Waals surface area contributed by atoms with Gasteiger partial charge in [-0.2, -0.15) is 0 Å². The highest BCUT2D eigenvalue weighted by molar-refractivity contribution is 5.83. The maximum Gasteiger partial charge on any atom is 0.331 e. The molecule has 0 bridgehead atoms. The largest absolute Gasteiger partial charge is 0.506 e. The molecule has 6 nitrogen and oxygen atoms in total. The van der Waals surface area contributed by atoms with Crippen LogP contribution >= 0.6 is 0 Å². The fraction of sp³-hybridized carbons (Fsp3) is 0.333. The molecule has 96 valence electrons. The maximum absolute atomic E-state index is 12.2. The van der Waals surface area contributed by atoms with Crippen molar-refractivity contribution in [2.45, 2.75) is 6.54 Å². The summed E-state index contributed by atoms with van der Waals surface area (Å²) < 4.78 is 2.46. The number of hydrogen-bond donors (Lipinski definition) is 2. The number of nitrogens with zero attached hydrogens (tertiary/aromatic N) is 2. The molecule has 2 rings (SSSR count). The van der Waals surface area contributed by atoms with Gasteiger partial charge in [-0.05, 0) is 19.2 Å². The molecule has 2 aromatic rings. The number of aromatic hydroxyl groups is 1. The monoisotopic (exact) mass is 249 g/mol. The van der Waals surface area contributed by atoms with E-state index in [4.69, 9.17) is 0 Å². The number of aryl methyl sites for hydroxylation is 1. The van der Waals surface area contributed by atoms with E-state index in [1.807, 2.05) is 0 Å². The lowest BCUT2D eigenvalue weighted by Gasteiger charge is -2.11. The summed E-state index contributed by atoms with van der Waals surface area (Å²) in [6.07, 6.45) is 0. The van der Waals surface area contributed by atoms with Gasteiger partial charge in [0, 0.05) is 20.1 Å². The molecule has 1 heterocycles. The summed E-state index contributed by atoms with van der Waals surface area (Å²) in [7, 11) is 3.29. The molecule has 0 radical (unpaired) electrons. The van der Waals surface area contributed by atoms with Crippen LogP contribution in [-0.2, 0) is 13.6 Å². The van der Waals surface area contributed by atoms with Crippen molar-refractivity contribution in [2.75, 3.05) is 13.6 Å². The Labute approximate surface area is 103 Å². The van der Waals surface area contributed by atoms with Crippen molar-refractivity contribution in [1.29, 1.82) is 0 Å². The smallest absolute Gasteiger partial charge is 0.331 e. The van der Waals surface area contributed by atoms with Crippen molar-refractivity contribution in [2.24, 2.45) is 7.05 Å². The molecule has 0 saturated heterocycles. The zero-order chi connectivity index (χ0) is 13.3. The molecule has 0 fully saturated rings. The Morgan fingerprint density at radius 1 is 1.33 bits per heavy atom.